The molecule has 0 unspecified atom stereocenters. The molecule has 114 valence electrons. The Morgan fingerprint density at radius 2 is 2.18 bits per heavy atom. The average molecular weight is 299 g/mol. The number of aromatic nitrogens is 4. The molecule has 1 amide bonds. The van der Waals surface area contributed by atoms with Crippen molar-refractivity contribution in [2.75, 3.05) is 13.1 Å². The Kier molecular flexibility index (Phi) is 3.32. The first kappa shape index (κ1) is 13.4. The van der Waals surface area contributed by atoms with Crippen LogP contribution in [0.4, 0.5) is 0 Å². The molecule has 1 saturated carbocycles. The summed E-state index contributed by atoms with van der Waals surface area (Å²) in [5.41, 5.74) is 0.597. The predicted octanol–water partition coefficient (Wildman–Crippen LogP) is 1.64. The average Bonchev–Trinajstić information content (AvgIpc) is 3.31. The van der Waals surface area contributed by atoms with Crippen LogP contribution in [-0.2, 0) is 4.79 Å². The van der Waals surface area contributed by atoms with E-state index >= 15 is 0 Å². The maximum Gasteiger partial charge on any atom is 0.231 e. The molecule has 2 aromatic rings. The van der Waals surface area contributed by atoms with Crippen molar-refractivity contribution in [1.82, 2.24) is 25.0 Å². The number of carbonyl (C=O) groups excluding carboxylic acids is 1. The highest BCUT2D eigenvalue weighted by Gasteiger charge is 2.36. The molecular weight excluding hydrogens is 282 g/mol. The SMILES string of the molecule is O=C(C1CC1)N1CCC[C@@H](c2nc(-c3cnccn3)no2)C1. The Morgan fingerprint density at radius 1 is 1.27 bits per heavy atom. The third-order valence-corrected chi connectivity index (χ3v) is 4.24. The highest BCUT2D eigenvalue weighted by atomic mass is 16.5. The molecule has 7 heteroatoms. The molecule has 1 atom stereocenters. The molecule has 3 heterocycles. The van der Waals surface area contributed by atoms with Crippen LogP contribution in [0.2, 0.25) is 0 Å². The van der Waals surface area contributed by atoms with Gasteiger partial charge in [-0.25, -0.2) is 4.98 Å². The number of nitrogens with zero attached hydrogens (tertiary/aromatic N) is 5. The zero-order chi connectivity index (χ0) is 14.9. The van der Waals surface area contributed by atoms with E-state index in [0.29, 0.717) is 29.9 Å². The molecule has 0 bridgehead atoms. The van der Waals surface area contributed by atoms with Crippen molar-refractivity contribution in [3.63, 3.8) is 0 Å². The van der Waals surface area contributed by atoms with Gasteiger partial charge in [-0.2, -0.15) is 4.98 Å². The second kappa shape index (κ2) is 5.47. The standard InChI is InChI=1S/C15H17N5O2/c21-15(10-3-4-10)20-7-1-2-11(9-20)14-18-13(19-22-14)12-8-16-5-6-17-12/h5-6,8,10-11H,1-4,7,9H2/t11-/m1/s1. The molecule has 0 N–H and O–H groups in total. The van der Waals surface area contributed by atoms with E-state index in [1.165, 1.54) is 0 Å². The molecule has 1 aliphatic carbocycles. The van der Waals surface area contributed by atoms with E-state index in [9.17, 15) is 4.79 Å². The highest BCUT2D eigenvalue weighted by molar-refractivity contribution is 5.81. The monoisotopic (exact) mass is 299 g/mol. The molecule has 1 saturated heterocycles. The van der Waals surface area contributed by atoms with Gasteiger partial charge < -0.3 is 9.42 Å². The summed E-state index contributed by atoms with van der Waals surface area (Å²) in [6.07, 6.45) is 8.84. The molecule has 0 aromatic carbocycles. The van der Waals surface area contributed by atoms with E-state index in [1.807, 2.05) is 4.90 Å². The van der Waals surface area contributed by atoms with Gasteiger partial charge in [0, 0.05) is 31.4 Å². The fourth-order valence-electron chi connectivity index (χ4n) is 2.89. The van der Waals surface area contributed by atoms with Gasteiger partial charge in [0.1, 0.15) is 5.69 Å². The van der Waals surface area contributed by atoms with E-state index in [0.717, 1.165) is 32.2 Å². The van der Waals surface area contributed by atoms with Gasteiger partial charge in [0.05, 0.1) is 12.1 Å². The molecule has 2 aliphatic rings. The first-order valence-electron chi connectivity index (χ1n) is 7.70. The third kappa shape index (κ3) is 2.58. The van der Waals surface area contributed by atoms with Crippen molar-refractivity contribution in [2.45, 2.75) is 31.6 Å². The Hall–Kier alpha value is -2.31. The van der Waals surface area contributed by atoms with Crippen LogP contribution in [0.25, 0.3) is 11.5 Å². The Morgan fingerprint density at radius 3 is 2.95 bits per heavy atom. The Labute approximate surface area is 127 Å². The first-order valence-corrected chi connectivity index (χ1v) is 7.70. The molecule has 0 radical (unpaired) electrons. The molecule has 2 aromatic heterocycles. The van der Waals surface area contributed by atoms with Crippen molar-refractivity contribution in [3.05, 3.63) is 24.5 Å². The second-order valence-corrected chi connectivity index (χ2v) is 5.94. The predicted molar refractivity (Wildman–Crippen MR) is 76.6 cm³/mol. The summed E-state index contributed by atoms with van der Waals surface area (Å²) >= 11 is 0. The molecule has 22 heavy (non-hydrogen) atoms. The molecule has 4 rings (SSSR count). The quantitative estimate of drug-likeness (QED) is 0.856. The fraction of sp³-hybridized carbons (Fsp3) is 0.533. The lowest BCUT2D eigenvalue weighted by molar-refractivity contribution is -0.133. The fourth-order valence-corrected chi connectivity index (χ4v) is 2.89. The molecule has 7 nitrogen and oxygen atoms in total. The van der Waals surface area contributed by atoms with Crippen LogP contribution in [0.1, 0.15) is 37.5 Å². The molecular formula is C15H17N5O2. The minimum atomic E-state index is 0.120. The largest absolute Gasteiger partial charge is 0.342 e. The van der Waals surface area contributed by atoms with E-state index in [1.54, 1.807) is 18.6 Å². The van der Waals surface area contributed by atoms with Crippen molar-refractivity contribution in [2.24, 2.45) is 5.92 Å². The first-order chi connectivity index (χ1) is 10.8. The number of hydrogen-bond donors (Lipinski definition) is 0. The van der Waals surface area contributed by atoms with Crippen molar-refractivity contribution in [3.8, 4) is 11.5 Å². The highest BCUT2D eigenvalue weighted by Crippen LogP contribution is 2.34. The van der Waals surface area contributed by atoms with Gasteiger partial charge in [0.15, 0.2) is 0 Å². The van der Waals surface area contributed by atoms with E-state index in [4.69, 9.17) is 4.52 Å². The number of carbonyl (C=O) groups is 1. The van der Waals surface area contributed by atoms with Crippen molar-refractivity contribution in [1.29, 1.82) is 0 Å². The summed E-state index contributed by atoms with van der Waals surface area (Å²) in [5, 5.41) is 3.99. The van der Waals surface area contributed by atoms with Crippen LogP contribution in [0.3, 0.4) is 0 Å². The summed E-state index contributed by atoms with van der Waals surface area (Å²) < 4.78 is 5.40. The van der Waals surface area contributed by atoms with Crippen LogP contribution in [0, 0.1) is 5.92 Å². The summed E-state index contributed by atoms with van der Waals surface area (Å²) in [4.78, 5) is 26.8. The van der Waals surface area contributed by atoms with Crippen molar-refractivity contribution < 1.29 is 9.32 Å². The van der Waals surface area contributed by atoms with Gasteiger partial charge >= 0.3 is 0 Å². The minimum absolute atomic E-state index is 0.120. The van der Waals surface area contributed by atoms with Gasteiger partial charge in [-0.1, -0.05) is 5.16 Å². The van der Waals surface area contributed by atoms with Crippen LogP contribution in [-0.4, -0.2) is 44.0 Å². The second-order valence-electron chi connectivity index (χ2n) is 5.94. The van der Waals surface area contributed by atoms with Gasteiger partial charge in [0.2, 0.25) is 17.6 Å². The zero-order valence-electron chi connectivity index (χ0n) is 12.2. The van der Waals surface area contributed by atoms with Gasteiger partial charge in [-0.05, 0) is 25.7 Å². The van der Waals surface area contributed by atoms with Gasteiger partial charge in [-0.3, -0.25) is 9.78 Å². The van der Waals surface area contributed by atoms with Crippen LogP contribution < -0.4 is 0 Å². The number of likely N-dealkylation sites (tertiary alicyclic amines) is 1. The van der Waals surface area contributed by atoms with E-state index in [-0.39, 0.29) is 11.8 Å². The Balaban J connectivity index is 1.49. The third-order valence-electron chi connectivity index (χ3n) is 4.24. The summed E-state index contributed by atoms with van der Waals surface area (Å²) in [5.74, 6) is 1.71. The van der Waals surface area contributed by atoms with Crippen LogP contribution >= 0.6 is 0 Å². The number of rotatable bonds is 3. The maximum atomic E-state index is 12.2. The maximum absolute atomic E-state index is 12.2. The molecule has 1 aliphatic heterocycles. The summed E-state index contributed by atoms with van der Waals surface area (Å²) in [6.45, 7) is 1.52. The number of amides is 1. The summed E-state index contributed by atoms with van der Waals surface area (Å²) in [6, 6.07) is 0. The smallest absolute Gasteiger partial charge is 0.231 e. The van der Waals surface area contributed by atoms with Gasteiger partial charge in [0.25, 0.3) is 0 Å². The van der Waals surface area contributed by atoms with Gasteiger partial charge in [-0.15, -0.1) is 0 Å². The lowest BCUT2D eigenvalue weighted by atomic mass is 9.97. The van der Waals surface area contributed by atoms with Crippen LogP contribution in [0.15, 0.2) is 23.1 Å². The number of hydrogen-bond acceptors (Lipinski definition) is 6. The van der Waals surface area contributed by atoms with E-state index < -0.39 is 0 Å². The topological polar surface area (TPSA) is 85.0 Å². The summed E-state index contributed by atoms with van der Waals surface area (Å²) in [7, 11) is 0. The number of piperidine rings is 1. The normalized spacial score (nSPS) is 21.8. The van der Waals surface area contributed by atoms with E-state index in [2.05, 4.69) is 20.1 Å². The van der Waals surface area contributed by atoms with Crippen LogP contribution in [0.5, 0.6) is 0 Å². The van der Waals surface area contributed by atoms with Crippen molar-refractivity contribution >= 4 is 5.91 Å². The molecule has 0 spiro atoms. The molecule has 2 fully saturated rings. The Bertz CT molecular complexity index is 668. The lowest BCUT2D eigenvalue weighted by Gasteiger charge is -2.31. The zero-order valence-corrected chi connectivity index (χ0v) is 12.2. The lowest BCUT2D eigenvalue weighted by Crippen LogP contribution is -2.40. The minimum Gasteiger partial charge on any atom is -0.342 e.